The molecule has 0 unspecified atom stereocenters. The maximum absolute atomic E-state index is 5.20. The summed E-state index contributed by atoms with van der Waals surface area (Å²) >= 11 is 5.62. The van der Waals surface area contributed by atoms with Crippen molar-refractivity contribution >= 4 is 192 Å². The van der Waals surface area contributed by atoms with Crippen molar-refractivity contribution in [2.24, 2.45) is 0 Å². The molecule has 0 atom stereocenters. The third-order valence-corrected chi connectivity index (χ3v) is 29.2. The lowest BCUT2D eigenvalue weighted by atomic mass is 9.97. The highest BCUT2D eigenvalue weighted by Gasteiger charge is 2.21. The summed E-state index contributed by atoms with van der Waals surface area (Å²) in [5.41, 5.74) is 26.1. The van der Waals surface area contributed by atoms with Crippen LogP contribution in [0.1, 0.15) is 0 Å². The molecule has 0 radical (unpaired) electrons. The summed E-state index contributed by atoms with van der Waals surface area (Å²) in [4.78, 5) is 30.3. The third kappa shape index (κ3) is 13.2. The fraction of sp³-hybridized carbons (Fsp3) is 0. The highest BCUT2D eigenvalue weighted by molar-refractivity contribution is 7.27. The summed E-state index contributed by atoms with van der Waals surface area (Å²) in [5, 5.41) is 22.0. The molecule has 0 fully saturated rings. The zero-order chi connectivity index (χ0) is 85.0. The second-order valence-electron chi connectivity index (χ2n) is 32.9. The van der Waals surface area contributed by atoms with Gasteiger partial charge < -0.3 is 0 Å². The number of hydrogen-bond acceptors (Lipinski definition) is 9. The van der Waals surface area contributed by atoms with Crippen molar-refractivity contribution in [1.29, 1.82) is 0 Å². The molecular weight excluding hydrogens is 1620 g/mol. The van der Waals surface area contributed by atoms with Crippen LogP contribution < -0.4 is 0 Å². The Morgan fingerprint density at radius 1 is 0.140 bits per heavy atom. The minimum absolute atomic E-state index is 0.878. The highest BCUT2D eigenvalue weighted by Crippen LogP contribution is 2.47. The van der Waals surface area contributed by atoms with Gasteiger partial charge in [0.15, 0.2) is 0 Å². The Hall–Kier alpha value is -16.1. The van der Waals surface area contributed by atoms with Crippen LogP contribution in [-0.2, 0) is 0 Å². The SMILES string of the molecule is c1cc(-c2ccc(-c3cccc4c3sc3ccccc34)cc2)cc(-c2cnc3c4ccccc4c4ccccc4c3n2)c1.c1cc(-c2ccc(-c3cnc4c5ccccc5c5ccccc5c4n3)cc2)cc(-c2cccc3c2sc2ccccc23)c1.c1ccc2c(c1)sc1c(-c3ccc(-c4ccc(-c5cnc6c7ccccc7c7ccccc7c6n5)cc4)cc3)cccc12. The monoisotopic (exact) mass is 1690 g/mol. The van der Waals surface area contributed by atoms with Crippen LogP contribution in [0.15, 0.2) is 437 Å². The number of aromatic nitrogens is 6. The molecule has 0 spiro atoms. The molecule has 6 aromatic heterocycles. The molecule has 0 aliphatic heterocycles. The lowest BCUT2D eigenvalue weighted by Crippen LogP contribution is -1.92. The first-order valence-electron chi connectivity index (χ1n) is 43.5. The van der Waals surface area contributed by atoms with Gasteiger partial charge in [-0.1, -0.05) is 388 Å². The van der Waals surface area contributed by atoms with Crippen molar-refractivity contribution in [2.45, 2.75) is 0 Å². The van der Waals surface area contributed by atoms with E-state index in [2.05, 4.69) is 419 Å². The lowest BCUT2D eigenvalue weighted by molar-refractivity contribution is 1.31. The van der Waals surface area contributed by atoms with Crippen molar-refractivity contribution in [3.63, 3.8) is 0 Å². The fourth-order valence-corrected chi connectivity index (χ4v) is 23.0. The molecule has 27 aromatic rings. The fourth-order valence-electron chi connectivity index (χ4n) is 19.3. The van der Waals surface area contributed by atoms with E-state index in [1.54, 1.807) is 0 Å². The molecule has 6 heterocycles. The van der Waals surface area contributed by atoms with E-state index in [9.17, 15) is 0 Å². The molecule has 129 heavy (non-hydrogen) atoms. The minimum Gasteiger partial charge on any atom is -0.252 e. The van der Waals surface area contributed by atoms with Crippen LogP contribution >= 0.6 is 34.0 Å². The van der Waals surface area contributed by atoms with Crippen molar-refractivity contribution in [3.8, 4) is 101 Å². The van der Waals surface area contributed by atoms with Gasteiger partial charge in [-0.3, -0.25) is 15.0 Å². The van der Waals surface area contributed by atoms with Gasteiger partial charge in [0, 0.05) is 110 Å². The molecule has 0 aliphatic rings. The average molecular weight is 1690 g/mol. The predicted octanol–water partition coefficient (Wildman–Crippen LogP) is 33.9. The topological polar surface area (TPSA) is 77.3 Å². The molecule has 21 aromatic carbocycles. The number of benzene rings is 21. The van der Waals surface area contributed by atoms with Crippen molar-refractivity contribution in [3.05, 3.63) is 437 Å². The zero-order valence-electron chi connectivity index (χ0n) is 69.5. The van der Waals surface area contributed by atoms with E-state index in [0.29, 0.717) is 0 Å². The second kappa shape index (κ2) is 31.5. The summed E-state index contributed by atoms with van der Waals surface area (Å²) in [6.07, 6.45) is 5.73. The largest absolute Gasteiger partial charge is 0.252 e. The van der Waals surface area contributed by atoms with Gasteiger partial charge >= 0.3 is 0 Å². The van der Waals surface area contributed by atoms with E-state index < -0.39 is 0 Å². The summed E-state index contributed by atoms with van der Waals surface area (Å²) in [6.45, 7) is 0. The Morgan fingerprint density at radius 3 is 0.682 bits per heavy atom. The maximum Gasteiger partial charge on any atom is 0.0979 e. The summed E-state index contributed by atoms with van der Waals surface area (Å²) < 4.78 is 8.02. The number of thiophene rings is 3. The molecule has 27 rings (SSSR count). The van der Waals surface area contributed by atoms with E-state index >= 15 is 0 Å². The number of fused-ring (bicyclic) bond motifs is 27. The van der Waals surface area contributed by atoms with Crippen molar-refractivity contribution < 1.29 is 0 Å². The minimum atomic E-state index is 0.878. The smallest absolute Gasteiger partial charge is 0.0979 e. The molecular formula is C120H72N6S3. The van der Waals surface area contributed by atoms with Gasteiger partial charge in [-0.25, -0.2) is 15.0 Å². The Bertz CT molecular complexity index is 9090. The zero-order valence-corrected chi connectivity index (χ0v) is 71.9. The molecule has 9 heteroatoms. The van der Waals surface area contributed by atoms with E-state index in [-0.39, 0.29) is 0 Å². The summed E-state index contributed by atoms with van der Waals surface area (Å²) in [5.74, 6) is 0. The van der Waals surface area contributed by atoms with Crippen LogP contribution in [0.25, 0.3) is 259 Å². The lowest BCUT2D eigenvalue weighted by Gasteiger charge is -2.11. The van der Waals surface area contributed by atoms with Crippen LogP contribution in [0.5, 0.6) is 0 Å². The average Bonchev–Trinajstić information content (AvgIpc) is 1.71. The van der Waals surface area contributed by atoms with Gasteiger partial charge in [-0.05, 0) is 129 Å². The first-order valence-corrected chi connectivity index (χ1v) is 45.9. The molecule has 6 nitrogen and oxygen atoms in total. The van der Waals surface area contributed by atoms with E-state index in [0.717, 1.165) is 105 Å². The van der Waals surface area contributed by atoms with Gasteiger partial charge in [0.25, 0.3) is 0 Å². The Morgan fingerprint density at radius 2 is 0.357 bits per heavy atom. The quantitative estimate of drug-likeness (QED) is 0.134. The molecule has 0 N–H and O–H groups in total. The molecule has 0 saturated carbocycles. The first-order chi connectivity index (χ1) is 63.9. The third-order valence-electron chi connectivity index (χ3n) is 25.6. The Kier molecular flexibility index (Phi) is 18.4. The number of hydrogen-bond donors (Lipinski definition) is 0. The Balaban J connectivity index is 0.000000105. The molecule has 0 saturated heterocycles. The van der Waals surface area contributed by atoms with Crippen LogP contribution in [0, 0.1) is 0 Å². The molecule has 0 aliphatic carbocycles. The molecule has 0 bridgehead atoms. The molecule has 600 valence electrons. The normalized spacial score (nSPS) is 11.7. The van der Waals surface area contributed by atoms with Crippen molar-refractivity contribution in [2.75, 3.05) is 0 Å². The molecule has 0 amide bonds. The predicted molar refractivity (Wildman–Crippen MR) is 551 cm³/mol. The van der Waals surface area contributed by atoms with Gasteiger partial charge in [-0.15, -0.1) is 34.0 Å². The van der Waals surface area contributed by atoms with Crippen LogP contribution in [-0.4, -0.2) is 29.9 Å². The van der Waals surface area contributed by atoms with Crippen LogP contribution in [0.3, 0.4) is 0 Å². The highest BCUT2D eigenvalue weighted by atomic mass is 32.1. The van der Waals surface area contributed by atoms with E-state index in [4.69, 9.17) is 29.9 Å². The van der Waals surface area contributed by atoms with Gasteiger partial charge in [0.1, 0.15) is 0 Å². The Labute approximate surface area is 754 Å². The van der Waals surface area contributed by atoms with Crippen LogP contribution in [0.4, 0.5) is 0 Å². The van der Waals surface area contributed by atoms with Crippen molar-refractivity contribution in [1.82, 2.24) is 29.9 Å². The number of nitrogens with zero attached hydrogens (tertiary/aromatic N) is 6. The van der Waals surface area contributed by atoms with Crippen LogP contribution in [0.2, 0.25) is 0 Å². The summed E-state index contributed by atoms with van der Waals surface area (Å²) in [6, 6.07) is 150. The van der Waals surface area contributed by atoms with Gasteiger partial charge in [0.05, 0.1) is 68.8 Å². The van der Waals surface area contributed by atoms with E-state index in [1.165, 1.54) is 154 Å². The summed E-state index contributed by atoms with van der Waals surface area (Å²) in [7, 11) is 0. The second-order valence-corrected chi connectivity index (χ2v) is 36.1. The van der Waals surface area contributed by atoms with E-state index in [1.807, 2.05) is 52.6 Å². The van der Waals surface area contributed by atoms with Gasteiger partial charge in [0.2, 0.25) is 0 Å². The number of rotatable bonds is 9. The van der Waals surface area contributed by atoms with Gasteiger partial charge in [-0.2, -0.15) is 0 Å². The maximum atomic E-state index is 5.20. The standard InChI is InChI=1S/3C40H24N2S/c1-3-14-33-30(11-1)31-12-2-4-15-34(31)39-38(33)41-24-36(42-39)26-21-19-25(20-22-26)27-9-7-10-28(23-27)29-16-8-17-35-32-13-5-6-18-37(32)43-40(29)35;1-3-14-33-30(11-1)31-12-2-4-15-34(31)39-38(33)41-24-36(42-39)28-10-7-9-27(23-28)25-19-21-26(22-20-25)29-16-8-17-35-32-13-5-6-18-37(32)43-40(29)35;1-3-11-33-30(8-1)31-9-2-4-12-34(31)39-38(33)41-24-36(42-39)28-22-18-26(19-23-28)25-16-20-27(21-17-25)29-13-7-14-35-32-10-5-6-15-37(32)43-40(29)35/h3*1-24H. The first kappa shape index (κ1) is 75.4.